The number of H-pyrrole nitrogens is 1. The Labute approximate surface area is 172 Å². The van der Waals surface area contributed by atoms with Crippen molar-refractivity contribution in [2.45, 2.75) is 31.3 Å². The van der Waals surface area contributed by atoms with E-state index in [4.69, 9.17) is 10.8 Å². The lowest BCUT2D eigenvalue weighted by atomic mass is 10.1. The molecule has 0 aliphatic heterocycles. The average Bonchev–Trinajstić information content (AvgIpc) is 3.24. The molecule has 2 aromatic carbocycles. The number of carboxylic acids is 1. The fraction of sp³-hybridized carbons (Fsp3) is 0.238. The highest BCUT2D eigenvalue weighted by molar-refractivity contribution is 5.99. The number of benzene rings is 2. The highest BCUT2D eigenvalue weighted by atomic mass is 16.4. The zero-order valence-electron chi connectivity index (χ0n) is 16.2. The SMILES string of the molecule is NC(CCC(=O)O)C(=O)NC(Cc1cnc[nH]1)C(=O)Nc1ccc2ccccc2c1. The smallest absolute Gasteiger partial charge is 0.303 e. The molecule has 0 aliphatic carbocycles. The molecular weight excluding hydrogens is 386 g/mol. The summed E-state index contributed by atoms with van der Waals surface area (Å²) in [5.74, 6) is -2.05. The van der Waals surface area contributed by atoms with Crippen LogP contribution in [0.2, 0.25) is 0 Å². The van der Waals surface area contributed by atoms with Crippen LogP contribution >= 0.6 is 0 Å². The van der Waals surface area contributed by atoms with E-state index >= 15 is 0 Å². The third-order valence-corrected chi connectivity index (χ3v) is 4.63. The molecule has 6 N–H and O–H groups in total. The maximum atomic E-state index is 12.9. The quantitative estimate of drug-likeness (QED) is 0.361. The van der Waals surface area contributed by atoms with Crippen LogP contribution in [-0.4, -0.2) is 44.9 Å². The van der Waals surface area contributed by atoms with E-state index < -0.39 is 29.9 Å². The molecule has 2 atom stereocenters. The summed E-state index contributed by atoms with van der Waals surface area (Å²) in [4.78, 5) is 42.8. The number of hydrogen-bond acceptors (Lipinski definition) is 5. The van der Waals surface area contributed by atoms with Gasteiger partial charge in [0.1, 0.15) is 6.04 Å². The van der Waals surface area contributed by atoms with Crippen molar-refractivity contribution in [2.75, 3.05) is 5.32 Å². The molecular formula is C21H23N5O4. The largest absolute Gasteiger partial charge is 0.481 e. The van der Waals surface area contributed by atoms with Gasteiger partial charge in [-0.1, -0.05) is 30.3 Å². The average molecular weight is 409 g/mol. The number of aromatic nitrogens is 2. The number of carboxylic acid groups (broad SMARTS) is 1. The minimum Gasteiger partial charge on any atom is -0.481 e. The summed E-state index contributed by atoms with van der Waals surface area (Å²) >= 11 is 0. The number of amides is 2. The summed E-state index contributed by atoms with van der Waals surface area (Å²) in [6.45, 7) is 0. The van der Waals surface area contributed by atoms with E-state index in [1.807, 2.05) is 36.4 Å². The van der Waals surface area contributed by atoms with E-state index in [9.17, 15) is 14.4 Å². The lowest BCUT2D eigenvalue weighted by Crippen LogP contribution is -2.51. The second kappa shape index (κ2) is 9.66. The Morgan fingerprint density at radius 1 is 1.10 bits per heavy atom. The fourth-order valence-electron chi connectivity index (χ4n) is 3.01. The number of rotatable bonds is 9. The van der Waals surface area contributed by atoms with Gasteiger partial charge in [-0.25, -0.2) is 4.98 Å². The number of aromatic amines is 1. The minimum atomic E-state index is -1.04. The predicted octanol–water partition coefficient (Wildman–Crippen LogP) is 1.42. The number of nitrogens with zero attached hydrogens (tertiary/aromatic N) is 1. The van der Waals surface area contributed by atoms with Gasteiger partial charge in [-0.15, -0.1) is 0 Å². The number of nitrogens with two attached hydrogens (primary N) is 1. The maximum absolute atomic E-state index is 12.9. The van der Waals surface area contributed by atoms with Gasteiger partial charge in [0.2, 0.25) is 11.8 Å². The summed E-state index contributed by atoms with van der Waals surface area (Å²) in [5, 5.41) is 16.2. The number of carbonyl (C=O) groups is 3. The van der Waals surface area contributed by atoms with Crippen LogP contribution in [0.5, 0.6) is 0 Å². The lowest BCUT2D eigenvalue weighted by Gasteiger charge is -2.20. The van der Waals surface area contributed by atoms with Gasteiger partial charge < -0.3 is 26.5 Å². The summed E-state index contributed by atoms with van der Waals surface area (Å²) in [6.07, 6.45) is 2.96. The van der Waals surface area contributed by atoms with Crippen molar-refractivity contribution >= 4 is 34.2 Å². The standard InChI is InChI=1S/C21H23N5O4/c22-17(7-8-19(27)28)20(29)26-18(10-16-11-23-12-24-16)21(30)25-15-6-5-13-3-1-2-4-14(13)9-15/h1-6,9,11-12,17-18H,7-8,10,22H2,(H,23,24)(H,25,30)(H,26,29)(H,27,28). The van der Waals surface area contributed by atoms with Crippen molar-refractivity contribution in [1.29, 1.82) is 0 Å². The van der Waals surface area contributed by atoms with E-state index in [1.54, 1.807) is 12.3 Å². The second-order valence-electron chi connectivity index (χ2n) is 6.93. The topological polar surface area (TPSA) is 150 Å². The molecule has 0 saturated carbocycles. The van der Waals surface area contributed by atoms with E-state index in [0.29, 0.717) is 11.4 Å². The molecule has 3 aromatic rings. The number of imidazole rings is 1. The van der Waals surface area contributed by atoms with Crippen LogP contribution in [-0.2, 0) is 20.8 Å². The van der Waals surface area contributed by atoms with E-state index in [0.717, 1.165) is 10.8 Å². The van der Waals surface area contributed by atoms with Gasteiger partial charge in [0, 0.05) is 30.4 Å². The zero-order valence-corrected chi connectivity index (χ0v) is 16.2. The van der Waals surface area contributed by atoms with Crippen LogP contribution in [0.15, 0.2) is 55.0 Å². The van der Waals surface area contributed by atoms with Gasteiger partial charge in [-0.3, -0.25) is 14.4 Å². The molecule has 0 radical (unpaired) electrons. The number of anilines is 1. The van der Waals surface area contributed by atoms with Gasteiger partial charge in [0.15, 0.2) is 0 Å². The molecule has 0 saturated heterocycles. The molecule has 9 heteroatoms. The Morgan fingerprint density at radius 2 is 1.87 bits per heavy atom. The van der Waals surface area contributed by atoms with Crippen molar-refractivity contribution in [1.82, 2.24) is 15.3 Å². The summed E-state index contributed by atoms with van der Waals surface area (Å²) in [7, 11) is 0. The zero-order chi connectivity index (χ0) is 21.5. The van der Waals surface area contributed by atoms with Gasteiger partial charge in [-0.05, 0) is 29.3 Å². The van der Waals surface area contributed by atoms with Crippen molar-refractivity contribution in [3.05, 3.63) is 60.7 Å². The summed E-state index contributed by atoms with van der Waals surface area (Å²) < 4.78 is 0. The number of fused-ring (bicyclic) bond motifs is 1. The van der Waals surface area contributed by atoms with Gasteiger partial charge in [0.05, 0.1) is 12.4 Å². The van der Waals surface area contributed by atoms with Crippen molar-refractivity contribution in [3.63, 3.8) is 0 Å². The van der Waals surface area contributed by atoms with Gasteiger partial charge >= 0.3 is 5.97 Å². The number of aliphatic carboxylic acids is 1. The Bertz CT molecular complexity index is 1030. The van der Waals surface area contributed by atoms with Crippen LogP contribution in [0, 0.1) is 0 Å². The Hall–Kier alpha value is -3.72. The van der Waals surface area contributed by atoms with E-state index in [1.165, 1.54) is 6.33 Å². The normalized spacial score (nSPS) is 12.8. The highest BCUT2D eigenvalue weighted by Crippen LogP contribution is 2.19. The fourth-order valence-corrected chi connectivity index (χ4v) is 3.01. The molecule has 2 amide bonds. The monoisotopic (exact) mass is 409 g/mol. The minimum absolute atomic E-state index is 0.0236. The first-order valence-electron chi connectivity index (χ1n) is 9.47. The molecule has 3 rings (SSSR count). The van der Waals surface area contributed by atoms with Crippen LogP contribution in [0.25, 0.3) is 10.8 Å². The number of carbonyl (C=O) groups excluding carboxylic acids is 2. The first-order valence-corrected chi connectivity index (χ1v) is 9.47. The molecule has 0 fully saturated rings. The Balaban J connectivity index is 1.72. The molecule has 0 spiro atoms. The molecule has 30 heavy (non-hydrogen) atoms. The predicted molar refractivity (Wildman–Crippen MR) is 112 cm³/mol. The third-order valence-electron chi connectivity index (χ3n) is 4.63. The maximum Gasteiger partial charge on any atom is 0.303 e. The van der Waals surface area contributed by atoms with Crippen LogP contribution in [0.3, 0.4) is 0 Å². The third kappa shape index (κ3) is 5.65. The lowest BCUT2D eigenvalue weighted by molar-refractivity contribution is -0.137. The van der Waals surface area contributed by atoms with Gasteiger partial charge in [0.25, 0.3) is 0 Å². The van der Waals surface area contributed by atoms with Crippen LogP contribution in [0.4, 0.5) is 5.69 Å². The van der Waals surface area contributed by atoms with E-state index in [-0.39, 0.29) is 19.3 Å². The highest BCUT2D eigenvalue weighted by Gasteiger charge is 2.25. The first-order chi connectivity index (χ1) is 14.4. The molecule has 1 aromatic heterocycles. The van der Waals surface area contributed by atoms with E-state index in [2.05, 4.69) is 20.6 Å². The Morgan fingerprint density at radius 3 is 2.57 bits per heavy atom. The molecule has 156 valence electrons. The number of hydrogen-bond donors (Lipinski definition) is 5. The molecule has 0 bridgehead atoms. The van der Waals surface area contributed by atoms with Crippen LogP contribution < -0.4 is 16.4 Å². The number of nitrogens with one attached hydrogen (secondary N) is 3. The van der Waals surface area contributed by atoms with Crippen molar-refractivity contribution < 1.29 is 19.5 Å². The Kier molecular flexibility index (Phi) is 6.76. The molecule has 9 nitrogen and oxygen atoms in total. The second-order valence-corrected chi connectivity index (χ2v) is 6.93. The molecule has 0 aliphatic rings. The van der Waals surface area contributed by atoms with Crippen LogP contribution in [0.1, 0.15) is 18.5 Å². The van der Waals surface area contributed by atoms with Crippen molar-refractivity contribution in [2.24, 2.45) is 5.73 Å². The summed E-state index contributed by atoms with van der Waals surface area (Å²) in [6, 6.07) is 11.3. The molecule has 2 unspecified atom stereocenters. The van der Waals surface area contributed by atoms with Crippen molar-refractivity contribution in [3.8, 4) is 0 Å². The summed E-state index contributed by atoms with van der Waals surface area (Å²) in [5.41, 5.74) is 7.03. The van der Waals surface area contributed by atoms with Gasteiger partial charge in [-0.2, -0.15) is 0 Å². The molecule has 1 heterocycles. The first kappa shape index (κ1) is 21.0.